The van der Waals surface area contributed by atoms with Crippen LogP contribution in [0, 0.1) is 5.92 Å². The summed E-state index contributed by atoms with van der Waals surface area (Å²) in [5.74, 6) is 1.08. The van der Waals surface area contributed by atoms with E-state index in [9.17, 15) is 4.57 Å². The monoisotopic (exact) mass is 425 g/mol. The number of phosphoric acid groups is 1. The average molecular weight is 426 g/mol. The summed E-state index contributed by atoms with van der Waals surface area (Å²) < 4.78 is 21.3. The Labute approximate surface area is 174 Å². The van der Waals surface area contributed by atoms with E-state index in [2.05, 4.69) is 36.6 Å². The summed E-state index contributed by atoms with van der Waals surface area (Å²) in [5.41, 5.74) is 9.91. The molecule has 3 atom stereocenters. The van der Waals surface area contributed by atoms with Crippen molar-refractivity contribution in [3.05, 3.63) is 34.9 Å². The lowest BCUT2D eigenvalue weighted by Gasteiger charge is -2.27. The number of hydrogen-bond donors (Lipinski definition) is 3. The topological polar surface area (TPSA) is 102 Å². The van der Waals surface area contributed by atoms with Gasteiger partial charge in [-0.3, -0.25) is 4.52 Å². The van der Waals surface area contributed by atoms with E-state index in [1.807, 2.05) is 0 Å². The number of aryl methyl sites for hydroxylation is 1. The van der Waals surface area contributed by atoms with Crippen LogP contribution >= 0.6 is 7.82 Å². The minimum Gasteiger partial charge on any atom is -0.379 e. The number of nitrogens with two attached hydrogens (primary N) is 1. The summed E-state index contributed by atoms with van der Waals surface area (Å²) in [4.78, 5) is 17.9. The van der Waals surface area contributed by atoms with Crippen LogP contribution in [0.25, 0.3) is 0 Å². The number of hydrogen-bond acceptors (Lipinski definition) is 4. The fourth-order valence-electron chi connectivity index (χ4n) is 4.83. The van der Waals surface area contributed by atoms with Gasteiger partial charge >= 0.3 is 7.82 Å². The van der Waals surface area contributed by atoms with Crippen molar-refractivity contribution in [3.63, 3.8) is 0 Å². The minimum absolute atomic E-state index is 0.0963. The van der Waals surface area contributed by atoms with Crippen LogP contribution in [0.5, 0.6) is 0 Å². The van der Waals surface area contributed by atoms with Gasteiger partial charge in [0.1, 0.15) is 0 Å². The van der Waals surface area contributed by atoms with Crippen LogP contribution in [0.1, 0.15) is 75.0 Å². The van der Waals surface area contributed by atoms with E-state index in [1.165, 1.54) is 29.5 Å². The highest BCUT2D eigenvalue weighted by Gasteiger charge is 2.38. The Bertz CT molecular complexity index is 734. The van der Waals surface area contributed by atoms with E-state index in [4.69, 9.17) is 20.3 Å². The smallest absolute Gasteiger partial charge is 0.379 e. The molecule has 1 aromatic rings. The molecule has 164 valence electrons. The van der Waals surface area contributed by atoms with Crippen LogP contribution in [0.4, 0.5) is 0 Å². The molecule has 1 aromatic carbocycles. The van der Waals surface area contributed by atoms with Gasteiger partial charge in [-0.25, -0.2) is 4.57 Å². The Hall–Kier alpha value is -0.750. The molecule has 0 bridgehead atoms. The van der Waals surface area contributed by atoms with Crippen LogP contribution in [-0.4, -0.2) is 34.6 Å². The third-order valence-corrected chi connectivity index (χ3v) is 6.87. The van der Waals surface area contributed by atoms with Crippen molar-refractivity contribution in [2.45, 2.75) is 82.8 Å². The normalized spacial score (nSPS) is 27.4. The van der Waals surface area contributed by atoms with Gasteiger partial charge in [0, 0.05) is 12.1 Å². The van der Waals surface area contributed by atoms with Crippen molar-refractivity contribution in [1.29, 1.82) is 0 Å². The van der Waals surface area contributed by atoms with Gasteiger partial charge in [-0.1, -0.05) is 18.2 Å². The fourth-order valence-corrected chi connectivity index (χ4v) is 5.25. The van der Waals surface area contributed by atoms with Gasteiger partial charge in [0.15, 0.2) is 0 Å². The summed E-state index contributed by atoms with van der Waals surface area (Å²) in [7, 11) is -4.48. The van der Waals surface area contributed by atoms with Gasteiger partial charge in [-0.15, -0.1) is 0 Å². The third-order valence-electron chi connectivity index (χ3n) is 6.40. The molecular weight excluding hydrogens is 389 g/mol. The van der Waals surface area contributed by atoms with Gasteiger partial charge in [0.25, 0.3) is 0 Å². The number of phosphoric ester groups is 1. The Balaban J connectivity index is 1.53. The molecule has 0 heterocycles. The van der Waals surface area contributed by atoms with Crippen LogP contribution in [-0.2, 0) is 26.7 Å². The fraction of sp³-hybridized carbons (Fsp3) is 0.727. The van der Waals surface area contributed by atoms with Crippen molar-refractivity contribution >= 4 is 7.82 Å². The molecule has 0 radical (unpaired) electrons. The van der Waals surface area contributed by atoms with Crippen molar-refractivity contribution in [2.75, 3.05) is 13.2 Å². The molecule has 4 N–H and O–H groups in total. The highest BCUT2D eigenvalue weighted by atomic mass is 31.2. The highest BCUT2D eigenvalue weighted by molar-refractivity contribution is 7.46. The summed E-state index contributed by atoms with van der Waals surface area (Å²) >= 11 is 0. The molecule has 29 heavy (non-hydrogen) atoms. The Morgan fingerprint density at radius 2 is 2.07 bits per heavy atom. The first kappa shape index (κ1) is 22.9. The summed E-state index contributed by atoms with van der Waals surface area (Å²) in [6.07, 6.45) is 8.53. The number of benzene rings is 1. The molecule has 6 nitrogen and oxygen atoms in total. The molecule has 2 aliphatic carbocycles. The molecule has 3 rings (SSSR count). The molecular formula is C22H36NO5P. The highest BCUT2D eigenvalue weighted by Crippen LogP contribution is 2.44. The minimum atomic E-state index is -4.48. The predicted molar refractivity (Wildman–Crippen MR) is 114 cm³/mol. The lowest BCUT2D eigenvalue weighted by Crippen LogP contribution is -2.41. The lowest BCUT2D eigenvalue weighted by molar-refractivity contribution is 0.0732. The zero-order chi connectivity index (χ0) is 21.1. The van der Waals surface area contributed by atoms with Gasteiger partial charge < -0.3 is 20.3 Å². The molecule has 0 aliphatic heterocycles. The first-order valence-electron chi connectivity index (χ1n) is 10.9. The van der Waals surface area contributed by atoms with Gasteiger partial charge in [-0.05, 0) is 93.7 Å². The summed E-state index contributed by atoms with van der Waals surface area (Å²) in [6, 6.07) is 6.85. The SMILES string of the molecule is CC(C)OCCC[C@H]1CCc2cc([C@@H]3CC[C@@](N)(COP(=O)(O)O)C3)ccc2C1. The van der Waals surface area contributed by atoms with Gasteiger partial charge in [0.2, 0.25) is 0 Å². The zero-order valence-electron chi connectivity index (χ0n) is 17.7. The largest absolute Gasteiger partial charge is 0.469 e. The maximum Gasteiger partial charge on any atom is 0.469 e. The van der Waals surface area contributed by atoms with Crippen molar-refractivity contribution < 1.29 is 23.6 Å². The van der Waals surface area contributed by atoms with Crippen LogP contribution < -0.4 is 5.73 Å². The molecule has 0 amide bonds. The Morgan fingerprint density at radius 1 is 1.28 bits per heavy atom. The Morgan fingerprint density at radius 3 is 2.79 bits per heavy atom. The van der Waals surface area contributed by atoms with Crippen molar-refractivity contribution in [1.82, 2.24) is 0 Å². The van der Waals surface area contributed by atoms with Crippen molar-refractivity contribution in [3.8, 4) is 0 Å². The molecule has 1 fully saturated rings. The second kappa shape index (κ2) is 9.59. The van der Waals surface area contributed by atoms with E-state index in [1.54, 1.807) is 0 Å². The summed E-state index contributed by atoms with van der Waals surface area (Å²) in [5, 5.41) is 0. The average Bonchev–Trinajstić information content (AvgIpc) is 3.05. The predicted octanol–water partition coefficient (Wildman–Crippen LogP) is 4.07. The first-order valence-corrected chi connectivity index (χ1v) is 12.4. The van der Waals surface area contributed by atoms with E-state index in [0.717, 1.165) is 44.6 Å². The van der Waals surface area contributed by atoms with Crippen LogP contribution in [0.2, 0.25) is 0 Å². The second-order valence-electron chi connectivity index (χ2n) is 9.26. The maximum absolute atomic E-state index is 11.0. The number of rotatable bonds is 9. The van der Waals surface area contributed by atoms with E-state index >= 15 is 0 Å². The zero-order valence-corrected chi connectivity index (χ0v) is 18.6. The second-order valence-corrected chi connectivity index (χ2v) is 10.5. The van der Waals surface area contributed by atoms with E-state index in [0.29, 0.717) is 18.4 Å². The third kappa shape index (κ3) is 6.88. The van der Waals surface area contributed by atoms with E-state index < -0.39 is 13.4 Å². The Kier molecular flexibility index (Phi) is 7.58. The number of ether oxygens (including phenoxy) is 1. The standard InChI is InChI=1S/C22H36NO5P/c1-16(2)27-11-3-4-17-5-6-19-13-20(8-7-18(19)12-17)21-9-10-22(23,14-21)15-28-29(24,25)26/h7-8,13,16-17,21H,3-6,9-12,14-15,23H2,1-2H3,(H2,24,25,26)/t17-,21+,22-/m0/s1. The molecule has 2 aliphatic rings. The lowest BCUT2D eigenvalue weighted by atomic mass is 9.80. The van der Waals surface area contributed by atoms with Crippen LogP contribution in [0.3, 0.4) is 0 Å². The van der Waals surface area contributed by atoms with Crippen LogP contribution in [0.15, 0.2) is 18.2 Å². The molecule has 0 unspecified atom stereocenters. The maximum atomic E-state index is 11.0. The molecule has 0 aromatic heterocycles. The molecule has 0 saturated heterocycles. The van der Waals surface area contributed by atoms with E-state index in [-0.39, 0.29) is 6.61 Å². The first-order chi connectivity index (χ1) is 13.6. The van der Waals surface area contributed by atoms with Gasteiger partial charge in [-0.2, -0.15) is 0 Å². The number of fused-ring (bicyclic) bond motifs is 1. The van der Waals surface area contributed by atoms with Crippen molar-refractivity contribution in [2.24, 2.45) is 11.7 Å². The molecule has 1 saturated carbocycles. The quantitative estimate of drug-likeness (QED) is 0.407. The summed E-state index contributed by atoms with van der Waals surface area (Å²) in [6.45, 7) is 4.92. The molecule has 0 spiro atoms. The van der Waals surface area contributed by atoms with Gasteiger partial charge in [0.05, 0.1) is 12.7 Å². The molecule has 7 heteroatoms.